The van der Waals surface area contributed by atoms with Crippen molar-refractivity contribution in [2.45, 2.75) is 81.6 Å². The summed E-state index contributed by atoms with van der Waals surface area (Å²) in [7, 11) is 0. The van der Waals surface area contributed by atoms with Crippen LogP contribution in [0, 0.1) is 17.8 Å². The van der Waals surface area contributed by atoms with Crippen LogP contribution in [0.1, 0.15) is 57.5 Å². The van der Waals surface area contributed by atoms with Gasteiger partial charge in [0.25, 0.3) is 5.91 Å². The van der Waals surface area contributed by atoms with Crippen molar-refractivity contribution < 1.29 is 24.9 Å². The second kappa shape index (κ2) is 8.22. The van der Waals surface area contributed by atoms with Gasteiger partial charge in [-0.05, 0) is 43.9 Å². The third kappa shape index (κ3) is 4.27. The number of ether oxygens (including phenoxy) is 1. The van der Waals surface area contributed by atoms with E-state index in [1.165, 1.54) is 10.9 Å². The molecular weight excluding hydrogens is 428 g/mol. The first-order chi connectivity index (χ1) is 15.7. The van der Waals surface area contributed by atoms with Crippen LogP contribution in [0.5, 0.6) is 0 Å². The molecule has 1 saturated heterocycles. The molecule has 2 saturated carbocycles. The minimum absolute atomic E-state index is 0.0862. The fraction of sp³-hybridized carbons (Fsp3) is 0.636. The van der Waals surface area contributed by atoms with E-state index in [1.807, 2.05) is 0 Å². The van der Waals surface area contributed by atoms with Crippen molar-refractivity contribution >= 4 is 22.9 Å². The number of fused-ring (bicyclic) bond motifs is 1. The molecule has 2 aromatic heterocycles. The van der Waals surface area contributed by atoms with Crippen molar-refractivity contribution in [2.75, 3.05) is 5.73 Å². The van der Waals surface area contributed by atoms with Crippen LogP contribution in [0.2, 0.25) is 0 Å². The number of hydrogen-bond acceptors (Lipinski definition) is 9. The average Bonchev–Trinajstić information content (AvgIpc) is 3.40. The van der Waals surface area contributed by atoms with Crippen LogP contribution in [0.3, 0.4) is 0 Å². The van der Waals surface area contributed by atoms with Crippen molar-refractivity contribution in [3.05, 3.63) is 12.2 Å². The van der Waals surface area contributed by atoms with Crippen LogP contribution >= 0.6 is 0 Å². The Morgan fingerprint density at radius 3 is 2.82 bits per heavy atom. The summed E-state index contributed by atoms with van der Waals surface area (Å²) in [5.74, 6) is 5.83. The third-order valence-corrected chi connectivity index (χ3v) is 6.52. The number of rotatable bonds is 3. The zero-order chi connectivity index (χ0) is 23.3. The minimum Gasteiger partial charge on any atom is -0.387 e. The number of hydrogen-bond donors (Lipinski definition) is 5. The summed E-state index contributed by atoms with van der Waals surface area (Å²) < 4.78 is 7.14. The predicted molar refractivity (Wildman–Crippen MR) is 116 cm³/mol. The highest BCUT2D eigenvalue weighted by Gasteiger charge is 2.48. The van der Waals surface area contributed by atoms with Crippen LogP contribution in [-0.2, 0) is 9.53 Å². The lowest BCUT2D eigenvalue weighted by atomic mass is 9.79. The number of nitrogens with two attached hydrogens (primary N) is 1. The van der Waals surface area contributed by atoms with Crippen LogP contribution in [0.15, 0.2) is 6.33 Å². The molecule has 1 unspecified atom stereocenters. The summed E-state index contributed by atoms with van der Waals surface area (Å²) in [4.78, 5) is 25.2. The second-order valence-corrected chi connectivity index (χ2v) is 9.45. The van der Waals surface area contributed by atoms with Gasteiger partial charge < -0.3 is 31.1 Å². The molecule has 11 heteroatoms. The summed E-state index contributed by atoms with van der Waals surface area (Å²) in [6.07, 6.45) is 1.17. The maximum atomic E-state index is 12.4. The van der Waals surface area contributed by atoms with Crippen molar-refractivity contribution in [1.29, 1.82) is 0 Å². The molecule has 0 spiro atoms. The first-order valence-corrected chi connectivity index (χ1v) is 11.3. The highest BCUT2D eigenvalue weighted by atomic mass is 16.6. The van der Waals surface area contributed by atoms with E-state index in [9.17, 15) is 20.1 Å². The van der Waals surface area contributed by atoms with Gasteiger partial charge in [0, 0.05) is 6.04 Å². The number of carbonyl (C=O) groups excluding carboxylic acids is 1. The van der Waals surface area contributed by atoms with Crippen LogP contribution in [0.4, 0.5) is 5.82 Å². The quantitative estimate of drug-likeness (QED) is 0.386. The Kier molecular flexibility index (Phi) is 5.49. The van der Waals surface area contributed by atoms with E-state index >= 15 is 0 Å². The molecule has 2 aromatic rings. The van der Waals surface area contributed by atoms with E-state index in [1.54, 1.807) is 0 Å². The minimum atomic E-state index is -1.41. The topological polar surface area (TPSA) is 169 Å². The number of aliphatic hydroxyl groups is 3. The lowest BCUT2D eigenvalue weighted by molar-refractivity contribution is -0.137. The Balaban J connectivity index is 1.43. The molecule has 1 amide bonds. The zero-order valence-corrected chi connectivity index (χ0v) is 18.3. The van der Waals surface area contributed by atoms with Crippen LogP contribution < -0.4 is 11.1 Å². The van der Waals surface area contributed by atoms with Gasteiger partial charge in [-0.3, -0.25) is 9.36 Å². The molecule has 5 rings (SSSR count). The molecule has 1 aliphatic heterocycles. The molecule has 6 N–H and O–H groups in total. The highest BCUT2D eigenvalue weighted by Crippen LogP contribution is 2.34. The number of carbonyl (C=O) groups is 1. The normalized spacial score (nSPS) is 34.1. The van der Waals surface area contributed by atoms with E-state index in [-0.39, 0.29) is 28.8 Å². The molecule has 176 valence electrons. The van der Waals surface area contributed by atoms with Crippen molar-refractivity contribution in [1.82, 2.24) is 24.8 Å². The maximum absolute atomic E-state index is 12.4. The number of amides is 1. The van der Waals surface area contributed by atoms with Gasteiger partial charge in [0.2, 0.25) is 5.82 Å². The van der Waals surface area contributed by atoms with E-state index < -0.39 is 36.0 Å². The fourth-order valence-corrected chi connectivity index (χ4v) is 4.61. The van der Waals surface area contributed by atoms with E-state index in [0.29, 0.717) is 18.8 Å². The lowest BCUT2D eigenvalue weighted by Crippen LogP contribution is -2.43. The van der Waals surface area contributed by atoms with Gasteiger partial charge in [-0.25, -0.2) is 15.0 Å². The summed E-state index contributed by atoms with van der Waals surface area (Å²) in [6, 6.07) is 0.0919. The first-order valence-electron chi connectivity index (χ1n) is 11.3. The van der Waals surface area contributed by atoms with Crippen LogP contribution in [0.25, 0.3) is 11.2 Å². The number of aromatic nitrogens is 4. The summed E-state index contributed by atoms with van der Waals surface area (Å²) in [6.45, 7) is 2.09. The standard InChI is InChI=1S/C22H28N6O5/c1-11-3-2-7-22(32,9-11)8-6-13-26-18(23)14-19(27-13)28(10-24-14)21-16(30)15(29)17(33-21)20(31)25-12-4-5-12/h10-12,15-17,21,29-30,32H,2-5,7,9H2,1H3,(H,25,31)(H2,23,26,27)/t11-,15-,16?,17+,21-,22-/m1/s1. The van der Waals surface area contributed by atoms with Gasteiger partial charge in [-0.1, -0.05) is 19.3 Å². The molecule has 0 bridgehead atoms. The zero-order valence-electron chi connectivity index (χ0n) is 18.3. The Hall–Kier alpha value is -2.78. The fourth-order valence-electron chi connectivity index (χ4n) is 4.61. The highest BCUT2D eigenvalue weighted by molar-refractivity contribution is 5.83. The number of imidazole rings is 1. The summed E-state index contributed by atoms with van der Waals surface area (Å²) >= 11 is 0. The molecule has 33 heavy (non-hydrogen) atoms. The maximum Gasteiger partial charge on any atom is 0.252 e. The van der Waals surface area contributed by atoms with Gasteiger partial charge in [-0.15, -0.1) is 0 Å². The Labute approximate surface area is 190 Å². The molecule has 2 aliphatic carbocycles. The molecule has 0 radical (unpaired) electrons. The Morgan fingerprint density at radius 2 is 2.09 bits per heavy atom. The molecule has 3 fully saturated rings. The van der Waals surface area contributed by atoms with Gasteiger partial charge >= 0.3 is 0 Å². The third-order valence-electron chi connectivity index (χ3n) is 6.52. The predicted octanol–water partition coefficient (Wildman–Crippen LogP) is -0.401. The largest absolute Gasteiger partial charge is 0.387 e. The number of aliphatic hydroxyl groups excluding tert-OH is 2. The monoisotopic (exact) mass is 456 g/mol. The van der Waals surface area contributed by atoms with Crippen molar-refractivity contribution in [3.63, 3.8) is 0 Å². The SMILES string of the molecule is C[C@@H]1CCC[C@@](O)(C#Cc2nc(N)c3ncn([C@@H]4O[C@H](C(=O)NC5CC5)[C@H](O)C4O)c3n2)C1. The number of nitrogen functional groups attached to an aromatic ring is 1. The number of nitrogens with one attached hydrogen (secondary N) is 1. The average molecular weight is 457 g/mol. The molecule has 6 atom stereocenters. The van der Waals surface area contributed by atoms with E-state index in [4.69, 9.17) is 10.5 Å². The van der Waals surface area contributed by atoms with Crippen LogP contribution in [-0.4, -0.2) is 70.7 Å². The lowest BCUT2D eigenvalue weighted by Gasteiger charge is -2.30. The first kappa shape index (κ1) is 22.0. The molecule has 3 heterocycles. The van der Waals surface area contributed by atoms with Gasteiger partial charge in [0.1, 0.15) is 23.3 Å². The molecular formula is C22H28N6O5. The van der Waals surface area contributed by atoms with E-state index in [0.717, 1.165) is 25.7 Å². The molecule has 11 nitrogen and oxygen atoms in total. The molecule has 3 aliphatic rings. The van der Waals surface area contributed by atoms with Gasteiger partial charge in [-0.2, -0.15) is 0 Å². The molecule has 0 aromatic carbocycles. The Bertz CT molecular complexity index is 1140. The Morgan fingerprint density at radius 1 is 1.30 bits per heavy atom. The number of anilines is 1. The van der Waals surface area contributed by atoms with Gasteiger partial charge in [0.05, 0.1) is 6.33 Å². The number of nitrogens with zero attached hydrogens (tertiary/aromatic N) is 4. The second-order valence-electron chi connectivity index (χ2n) is 9.45. The van der Waals surface area contributed by atoms with E-state index in [2.05, 4.69) is 39.0 Å². The van der Waals surface area contributed by atoms with Gasteiger partial charge in [0.15, 0.2) is 23.8 Å². The smallest absolute Gasteiger partial charge is 0.252 e. The summed E-state index contributed by atoms with van der Waals surface area (Å²) in [5.41, 5.74) is 5.49. The summed E-state index contributed by atoms with van der Waals surface area (Å²) in [5, 5.41) is 34.6. The van der Waals surface area contributed by atoms with Crippen molar-refractivity contribution in [3.8, 4) is 11.8 Å². The van der Waals surface area contributed by atoms with Crippen molar-refractivity contribution in [2.24, 2.45) is 5.92 Å².